The molecule has 1 spiro atoms. The second kappa shape index (κ2) is 11.6. The fourth-order valence-corrected chi connectivity index (χ4v) is 7.40. The zero-order valence-corrected chi connectivity index (χ0v) is 24.7. The Kier molecular flexibility index (Phi) is 7.87. The third-order valence-electron chi connectivity index (χ3n) is 9.45. The van der Waals surface area contributed by atoms with Crippen LogP contribution in [0.1, 0.15) is 32.6 Å². The van der Waals surface area contributed by atoms with E-state index in [2.05, 4.69) is 0 Å². The molecular weight excluding hydrogens is 546 g/mol. The first-order valence-electron chi connectivity index (χ1n) is 15.2. The van der Waals surface area contributed by atoms with E-state index in [0.29, 0.717) is 56.8 Å². The predicted octanol–water partition coefficient (Wildman–Crippen LogP) is 3.72. The topological polar surface area (TPSA) is 99.6 Å². The largest absolute Gasteiger partial charge is 0.497 e. The van der Waals surface area contributed by atoms with E-state index in [-0.39, 0.29) is 24.3 Å². The van der Waals surface area contributed by atoms with Gasteiger partial charge < -0.3 is 29.3 Å². The molecule has 226 valence electrons. The molecule has 2 saturated heterocycles. The van der Waals surface area contributed by atoms with Crippen molar-refractivity contribution < 1.29 is 29.0 Å². The molecule has 2 aromatic carbocycles. The number of carbonyl (C=O) groups excluding carboxylic acids is 3. The zero-order chi connectivity index (χ0) is 30.2. The van der Waals surface area contributed by atoms with Crippen molar-refractivity contribution in [3.05, 3.63) is 78.9 Å². The molecule has 2 fully saturated rings. The maximum absolute atomic E-state index is 14.6. The highest BCUT2D eigenvalue weighted by molar-refractivity contribution is 6.07. The number of hydrogen-bond acceptors (Lipinski definition) is 6. The van der Waals surface area contributed by atoms with E-state index in [9.17, 15) is 19.5 Å². The lowest BCUT2D eigenvalue weighted by atomic mass is 9.73. The van der Waals surface area contributed by atoms with Crippen molar-refractivity contribution in [3.8, 4) is 5.75 Å². The number of amides is 3. The summed E-state index contributed by atoms with van der Waals surface area (Å²) in [5.74, 6) is -1.65. The van der Waals surface area contributed by atoms with Gasteiger partial charge in [-0.15, -0.1) is 0 Å². The number of nitrogens with zero attached hydrogens (tertiary/aromatic N) is 3. The molecule has 4 aliphatic heterocycles. The monoisotopic (exact) mass is 585 g/mol. The number of carbonyl (C=O) groups is 3. The van der Waals surface area contributed by atoms with Gasteiger partial charge in [-0.05, 0) is 62.1 Å². The normalized spacial score (nSPS) is 29.8. The molecule has 0 aromatic heterocycles. The molecule has 0 radical (unpaired) electrons. The number of methoxy groups -OCH3 is 1. The third kappa shape index (κ3) is 4.66. The molecule has 9 heteroatoms. The first-order valence-corrected chi connectivity index (χ1v) is 15.2. The standard InChI is InChI=1S/C34H39N3O6/c1-3-33-18-10-21-35(24-12-6-4-7-13-24)30(39)27(33)28-31(40)37(20-8-5-9-23-38)29-32(41)36(22-11-19-34(28,29)43-33)25-14-16-26(42-2)17-15-25/h4,6-7,10-19,27-29,38H,3,5,8-9,20-23H2,1-2H3/t27-,28-,29?,33+,34-/m0/s1. The molecular formula is C34H39N3O6. The number of likely N-dealkylation sites (tertiary alicyclic amines) is 1. The Balaban J connectivity index is 1.45. The predicted molar refractivity (Wildman–Crippen MR) is 163 cm³/mol. The van der Waals surface area contributed by atoms with E-state index < -0.39 is 29.1 Å². The molecule has 9 nitrogen and oxygen atoms in total. The van der Waals surface area contributed by atoms with Gasteiger partial charge in [-0.25, -0.2) is 0 Å². The Morgan fingerprint density at radius 2 is 1.51 bits per heavy atom. The van der Waals surface area contributed by atoms with Gasteiger partial charge in [0.15, 0.2) is 0 Å². The first kappa shape index (κ1) is 29.1. The van der Waals surface area contributed by atoms with Crippen LogP contribution >= 0.6 is 0 Å². The summed E-state index contributed by atoms with van der Waals surface area (Å²) in [5.41, 5.74) is -0.910. The second-order valence-corrected chi connectivity index (χ2v) is 11.7. The van der Waals surface area contributed by atoms with E-state index in [0.717, 1.165) is 5.69 Å². The highest BCUT2D eigenvalue weighted by Crippen LogP contribution is 2.58. The molecule has 6 rings (SSSR count). The van der Waals surface area contributed by atoms with Gasteiger partial charge in [0.05, 0.1) is 24.5 Å². The molecule has 4 heterocycles. The van der Waals surface area contributed by atoms with E-state index in [1.807, 2.05) is 73.7 Å². The third-order valence-corrected chi connectivity index (χ3v) is 9.45. The van der Waals surface area contributed by atoms with Gasteiger partial charge in [0, 0.05) is 37.6 Å². The van der Waals surface area contributed by atoms with Crippen LogP contribution in [0.25, 0.3) is 0 Å². The minimum Gasteiger partial charge on any atom is -0.497 e. The summed E-state index contributed by atoms with van der Waals surface area (Å²) >= 11 is 0. The summed E-state index contributed by atoms with van der Waals surface area (Å²) in [6, 6.07) is 15.8. The Hall–Kier alpha value is -3.95. The highest BCUT2D eigenvalue weighted by atomic mass is 16.5. The average Bonchev–Trinajstić information content (AvgIpc) is 3.32. The summed E-state index contributed by atoms with van der Waals surface area (Å²) in [6.45, 7) is 3.04. The summed E-state index contributed by atoms with van der Waals surface area (Å²) in [4.78, 5) is 48.8. The van der Waals surface area contributed by atoms with Crippen molar-refractivity contribution in [1.82, 2.24) is 4.90 Å². The maximum Gasteiger partial charge on any atom is 0.253 e. The Bertz CT molecular complexity index is 1430. The lowest BCUT2D eigenvalue weighted by Gasteiger charge is -2.38. The number of aliphatic hydroxyl groups excluding tert-OH is 1. The molecule has 0 saturated carbocycles. The molecule has 0 bridgehead atoms. The minimum atomic E-state index is -1.31. The van der Waals surface area contributed by atoms with Crippen molar-refractivity contribution in [2.24, 2.45) is 11.8 Å². The zero-order valence-electron chi connectivity index (χ0n) is 24.7. The lowest BCUT2D eigenvalue weighted by molar-refractivity contribution is -0.145. The van der Waals surface area contributed by atoms with E-state index in [4.69, 9.17) is 9.47 Å². The van der Waals surface area contributed by atoms with Crippen molar-refractivity contribution >= 4 is 29.1 Å². The highest BCUT2D eigenvalue weighted by Gasteiger charge is 2.75. The first-order chi connectivity index (χ1) is 20.9. The van der Waals surface area contributed by atoms with Crippen LogP contribution < -0.4 is 14.5 Å². The second-order valence-electron chi connectivity index (χ2n) is 11.7. The Labute approximate surface area is 252 Å². The van der Waals surface area contributed by atoms with E-state index in [1.54, 1.807) is 33.9 Å². The number of fused-ring (bicyclic) bond motifs is 2. The molecule has 2 aromatic rings. The van der Waals surface area contributed by atoms with E-state index >= 15 is 0 Å². The molecule has 4 aliphatic rings. The van der Waals surface area contributed by atoms with Crippen LogP contribution in [0.5, 0.6) is 5.75 Å². The number of rotatable bonds is 9. The summed E-state index contributed by atoms with van der Waals surface area (Å²) < 4.78 is 12.4. The number of benzene rings is 2. The average molecular weight is 586 g/mol. The van der Waals surface area contributed by atoms with Crippen LogP contribution in [-0.4, -0.2) is 78.3 Å². The van der Waals surface area contributed by atoms with Gasteiger partial charge in [0.1, 0.15) is 17.4 Å². The molecule has 0 aliphatic carbocycles. The van der Waals surface area contributed by atoms with Gasteiger partial charge in [-0.1, -0.05) is 49.4 Å². The SMILES string of the molecule is CC[C@@]12C=CCN(c3ccccc3)C(=O)[C@@H]1[C@H]1C(=O)N(CCCCCO)C3C(=O)N(c4ccc(OC)cc4)CC=C[C@@]31O2. The van der Waals surface area contributed by atoms with Gasteiger partial charge in [-0.2, -0.15) is 0 Å². The van der Waals surface area contributed by atoms with Crippen LogP contribution in [0, 0.1) is 11.8 Å². The van der Waals surface area contributed by atoms with Gasteiger partial charge in [0.2, 0.25) is 11.8 Å². The van der Waals surface area contributed by atoms with Crippen LogP contribution in [0.4, 0.5) is 11.4 Å². The number of para-hydroxylation sites is 1. The van der Waals surface area contributed by atoms with Gasteiger partial charge in [0.25, 0.3) is 5.91 Å². The van der Waals surface area contributed by atoms with Crippen molar-refractivity contribution in [1.29, 1.82) is 0 Å². The van der Waals surface area contributed by atoms with Crippen LogP contribution in [-0.2, 0) is 19.1 Å². The molecule has 5 atom stereocenters. The lowest BCUT2D eigenvalue weighted by Crippen LogP contribution is -2.56. The molecule has 3 amide bonds. The Morgan fingerprint density at radius 1 is 0.837 bits per heavy atom. The number of anilines is 2. The smallest absolute Gasteiger partial charge is 0.253 e. The fraction of sp³-hybridized carbons (Fsp3) is 0.441. The van der Waals surface area contributed by atoms with Crippen molar-refractivity contribution in [2.45, 2.75) is 49.9 Å². The van der Waals surface area contributed by atoms with E-state index in [1.165, 1.54) is 0 Å². The summed E-state index contributed by atoms with van der Waals surface area (Å²) in [7, 11) is 1.59. The molecule has 43 heavy (non-hydrogen) atoms. The minimum absolute atomic E-state index is 0.0667. The fourth-order valence-electron chi connectivity index (χ4n) is 7.40. The Morgan fingerprint density at radius 3 is 2.19 bits per heavy atom. The summed E-state index contributed by atoms with van der Waals surface area (Å²) in [5, 5.41) is 9.34. The number of hydrogen-bond donors (Lipinski definition) is 1. The molecule has 1 unspecified atom stereocenters. The van der Waals surface area contributed by atoms with Crippen molar-refractivity contribution in [3.63, 3.8) is 0 Å². The maximum atomic E-state index is 14.6. The van der Waals surface area contributed by atoms with Crippen LogP contribution in [0.15, 0.2) is 78.9 Å². The van der Waals surface area contributed by atoms with Gasteiger partial charge >= 0.3 is 0 Å². The quantitative estimate of drug-likeness (QED) is 0.356. The number of unbranched alkanes of at least 4 members (excludes halogenated alkanes) is 2. The number of aliphatic hydroxyl groups is 1. The molecule has 1 N–H and O–H groups in total. The van der Waals surface area contributed by atoms with Gasteiger partial charge in [-0.3, -0.25) is 14.4 Å². The van der Waals surface area contributed by atoms with Crippen molar-refractivity contribution in [2.75, 3.05) is 43.2 Å². The van der Waals surface area contributed by atoms with Crippen LogP contribution in [0.2, 0.25) is 0 Å². The number of ether oxygens (including phenoxy) is 2. The summed E-state index contributed by atoms with van der Waals surface area (Å²) in [6.07, 6.45) is 10.1. The van der Waals surface area contributed by atoms with Crippen LogP contribution in [0.3, 0.4) is 0 Å².